The quantitative estimate of drug-likeness (QED) is 0.335. The zero-order valence-corrected chi connectivity index (χ0v) is 8.20. The molecule has 0 spiro atoms. The summed E-state index contributed by atoms with van der Waals surface area (Å²) in [5.41, 5.74) is 0. The lowest BCUT2D eigenvalue weighted by molar-refractivity contribution is 0.268. The molecule has 0 saturated carbocycles. The second-order valence-corrected chi connectivity index (χ2v) is 2.95. The number of benzene rings is 1. The Kier molecular flexibility index (Phi) is 4.18. The number of rotatable bonds is 4. The summed E-state index contributed by atoms with van der Waals surface area (Å²) in [7, 11) is 0. The second-order valence-electron chi connectivity index (χ2n) is 2.95. The maximum absolute atomic E-state index is 13.0. The normalized spacial score (nSPS) is 9.94. The summed E-state index contributed by atoms with van der Waals surface area (Å²) < 4.78 is 56.0. The molecule has 1 nitrogen and oxygen atoms in total. The molecule has 0 bridgehead atoms. The van der Waals surface area contributed by atoms with E-state index in [0.29, 0.717) is 12.8 Å². The van der Waals surface area contributed by atoms with Crippen LogP contribution in [-0.4, -0.2) is 6.61 Å². The summed E-state index contributed by atoms with van der Waals surface area (Å²) in [6.07, 6.45) is 5.63. The van der Waals surface area contributed by atoms with Crippen LogP contribution in [0.25, 0.3) is 0 Å². The summed E-state index contributed by atoms with van der Waals surface area (Å²) in [6.45, 7) is -0.110. The van der Waals surface area contributed by atoms with E-state index in [1.165, 1.54) is 0 Å². The molecule has 0 aromatic heterocycles. The third-order valence-corrected chi connectivity index (χ3v) is 1.78. The van der Waals surface area contributed by atoms with Crippen molar-refractivity contribution in [3.05, 3.63) is 29.3 Å². The molecule has 16 heavy (non-hydrogen) atoms. The van der Waals surface area contributed by atoms with Gasteiger partial charge in [0.15, 0.2) is 17.4 Å². The predicted octanol–water partition coefficient (Wildman–Crippen LogP) is 3.04. The third kappa shape index (κ3) is 2.66. The van der Waals surface area contributed by atoms with Gasteiger partial charge in [-0.1, -0.05) is 0 Å². The minimum Gasteiger partial charge on any atom is -0.487 e. The van der Waals surface area contributed by atoms with E-state index in [1.807, 2.05) is 0 Å². The fraction of sp³-hybridized carbons (Fsp3) is 0.273. The Hall–Kier alpha value is -1.70. The molecule has 0 unspecified atom stereocenters. The Morgan fingerprint density at radius 2 is 1.69 bits per heavy atom. The first-order chi connectivity index (χ1) is 7.57. The molecule has 5 heteroatoms. The van der Waals surface area contributed by atoms with Crippen molar-refractivity contribution < 1.29 is 22.3 Å². The summed E-state index contributed by atoms with van der Waals surface area (Å²) >= 11 is 0. The van der Waals surface area contributed by atoms with Crippen LogP contribution in [0.4, 0.5) is 17.6 Å². The van der Waals surface area contributed by atoms with Crippen LogP contribution in [0.3, 0.4) is 0 Å². The number of ether oxygens (including phenoxy) is 1. The van der Waals surface area contributed by atoms with Crippen molar-refractivity contribution in [2.45, 2.75) is 12.8 Å². The molecule has 86 valence electrons. The SMILES string of the molecule is C#CCCCOc1c(F)c(F)cc(F)c1F. The standard InChI is InChI=1S/C11H8F4O/c1-2-3-4-5-16-11-9(14)7(12)6-8(13)10(11)15/h1,6H,3-5H2. The Bertz CT molecular complexity index is 397. The maximum atomic E-state index is 13.0. The Morgan fingerprint density at radius 1 is 1.12 bits per heavy atom. The molecule has 1 aromatic carbocycles. The molecule has 0 aliphatic rings. The van der Waals surface area contributed by atoms with Crippen molar-refractivity contribution >= 4 is 0 Å². The molecule has 0 saturated heterocycles. The molecule has 0 amide bonds. The van der Waals surface area contributed by atoms with Crippen LogP contribution in [0.2, 0.25) is 0 Å². The molecule has 0 fully saturated rings. The van der Waals surface area contributed by atoms with Crippen molar-refractivity contribution in [1.29, 1.82) is 0 Å². The minimum absolute atomic E-state index is 0.110. The van der Waals surface area contributed by atoms with E-state index in [4.69, 9.17) is 6.42 Å². The average Bonchev–Trinajstić information content (AvgIpc) is 2.25. The summed E-state index contributed by atoms with van der Waals surface area (Å²) in [5, 5.41) is 0. The molecule has 1 rings (SSSR count). The van der Waals surface area contributed by atoms with Crippen molar-refractivity contribution in [2.24, 2.45) is 0 Å². The first-order valence-electron chi connectivity index (χ1n) is 4.47. The van der Waals surface area contributed by atoms with Gasteiger partial charge in [0.1, 0.15) is 0 Å². The topological polar surface area (TPSA) is 9.23 Å². The van der Waals surface area contributed by atoms with E-state index in [0.717, 1.165) is 0 Å². The van der Waals surface area contributed by atoms with Gasteiger partial charge in [-0.15, -0.1) is 12.3 Å². The highest BCUT2D eigenvalue weighted by atomic mass is 19.2. The van der Waals surface area contributed by atoms with Crippen LogP contribution in [0, 0.1) is 35.6 Å². The lowest BCUT2D eigenvalue weighted by atomic mass is 10.3. The van der Waals surface area contributed by atoms with Gasteiger partial charge < -0.3 is 4.74 Å². The maximum Gasteiger partial charge on any atom is 0.203 e. The highest BCUT2D eigenvalue weighted by Crippen LogP contribution is 2.26. The number of unbranched alkanes of at least 4 members (excludes halogenated alkanes) is 1. The number of halogens is 4. The predicted molar refractivity (Wildman–Crippen MR) is 49.8 cm³/mol. The van der Waals surface area contributed by atoms with Crippen molar-refractivity contribution in [2.75, 3.05) is 6.61 Å². The monoisotopic (exact) mass is 232 g/mol. The smallest absolute Gasteiger partial charge is 0.203 e. The molecule has 0 atom stereocenters. The van der Waals surface area contributed by atoms with Crippen LogP contribution < -0.4 is 4.74 Å². The molecular formula is C11H8F4O. The summed E-state index contributed by atoms with van der Waals surface area (Å²) in [4.78, 5) is 0. The number of terminal acetylenes is 1. The van der Waals surface area contributed by atoms with Gasteiger partial charge in [0.2, 0.25) is 11.6 Å². The molecule has 0 radical (unpaired) electrons. The van der Waals surface area contributed by atoms with Gasteiger partial charge >= 0.3 is 0 Å². The fourth-order valence-corrected chi connectivity index (χ4v) is 1.03. The molecule has 0 heterocycles. The zero-order valence-electron chi connectivity index (χ0n) is 8.20. The lowest BCUT2D eigenvalue weighted by Crippen LogP contribution is -2.04. The summed E-state index contributed by atoms with van der Waals surface area (Å²) in [5.74, 6) is -4.83. The Morgan fingerprint density at radius 3 is 2.19 bits per heavy atom. The average molecular weight is 232 g/mol. The van der Waals surface area contributed by atoms with Gasteiger partial charge in [-0.2, -0.15) is 8.78 Å². The first kappa shape index (κ1) is 12.4. The highest BCUT2D eigenvalue weighted by molar-refractivity contribution is 5.28. The van der Waals surface area contributed by atoms with Gasteiger partial charge in [0.25, 0.3) is 0 Å². The van der Waals surface area contributed by atoms with Gasteiger partial charge in [-0.05, 0) is 6.42 Å². The second kappa shape index (κ2) is 5.40. The van der Waals surface area contributed by atoms with Gasteiger partial charge in [0, 0.05) is 12.5 Å². The van der Waals surface area contributed by atoms with Crippen LogP contribution in [0.15, 0.2) is 6.07 Å². The van der Waals surface area contributed by atoms with Crippen LogP contribution in [-0.2, 0) is 0 Å². The Balaban J connectivity index is 2.83. The van der Waals surface area contributed by atoms with E-state index in [1.54, 1.807) is 0 Å². The van der Waals surface area contributed by atoms with Gasteiger partial charge in [-0.3, -0.25) is 0 Å². The molecule has 0 N–H and O–H groups in total. The zero-order chi connectivity index (χ0) is 12.1. The summed E-state index contributed by atoms with van der Waals surface area (Å²) in [6, 6.07) is 0.124. The van der Waals surface area contributed by atoms with E-state index >= 15 is 0 Å². The van der Waals surface area contributed by atoms with Crippen molar-refractivity contribution in [3.63, 3.8) is 0 Å². The fourth-order valence-electron chi connectivity index (χ4n) is 1.03. The van der Waals surface area contributed by atoms with E-state index in [2.05, 4.69) is 10.7 Å². The van der Waals surface area contributed by atoms with Gasteiger partial charge in [0.05, 0.1) is 6.61 Å². The van der Waals surface area contributed by atoms with Crippen molar-refractivity contribution in [1.82, 2.24) is 0 Å². The molecule has 1 aromatic rings. The molecule has 0 aliphatic heterocycles. The largest absolute Gasteiger partial charge is 0.487 e. The third-order valence-electron chi connectivity index (χ3n) is 1.78. The van der Waals surface area contributed by atoms with Gasteiger partial charge in [-0.25, -0.2) is 8.78 Å². The van der Waals surface area contributed by atoms with E-state index in [9.17, 15) is 17.6 Å². The van der Waals surface area contributed by atoms with Crippen LogP contribution in [0.5, 0.6) is 5.75 Å². The number of hydrogen-bond donors (Lipinski definition) is 0. The highest BCUT2D eigenvalue weighted by Gasteiger charge is 2.20. The van der Waals surface area contributed by atoms with Crippen molar-refractivity contribution in [3.8, 4) is 18.1 Å². The molecule has 0 aliphatic carbocycles. The van der Waals surface area contributed by atoms with E-state index in [-0.39, 0.29) is 12.7 Å². The first-order valence-corrected chi connectivity index (χ1v) is 4.47. The van der Waals surface area contributed by atoms with Crippen LogP contribution in [0.1, 0.15) is 12.8 Å². The minimum atomic E-state index is -1.54. The molecular weight excluding hydrogens is 224 g/mol. The lowest BCUT2D eigenvalue weighted by Gasteiger charge is -2.08. The Labute approximate surface area is 90.0 Å². The number of hydrogen-bond acceptors (Lipinski definition) is 1. The van der Waals surface area contributed by atoms with E-state index < -0.39 is 29.0 Å². The van der Waals surface area contributed by atoms with Crippen LogP contribution >= 0.6 is 0 Å².